The van der Waals surface area contributed by atoms with Crippen LogP contribution >= 0.6 is 0 Å². The van der Waals surface area contributed by atoms with Crippen LogP contribution in [0.15, 0.2) is 24.3 Å². The van der Waals surface area contributed by atoms with E-state index in [0.717, 1.165) is 31.4 Å². The van der Waals surface area contributed by atoms with Gasteiger partial charge in [-0.1, -0.05) is 31.0 Å². The van der Waals surface area contributed by atoms with Gasteiger partial charge in [-0.25, -0.2) is 0 Å². The van der Waals surface area contributed by atoms with Gasteiger partial charge in [0.1, 0.15) is 0 Å². The topological polar surface area (TPSA) is 77.9 Å². The Labute approximate surface area is 171 Å². The largest absolute Gasteiger partial charge is 0.481 e. The number of carboxylic acid groups (broad SMARTS) is 1. The molecule has 2 fully saturated rings. The molecule has 1 saturated carbocycles. The smallest absolute Gasteiger partial charge is 0.308 e. The summed E-state index contributed by atoms with van der Waals surface area (Å²) >= 11 is 0. The Kier molecular flexibility index (Phi) is 5.61. The van der Waals surface area contributed by atoms with Crippen molar-refractivity contribution in [2.45, 2.75) is 57.9 Å². The van der Waals surface area contributed by atoms with Crippen molar-refractivity contribution in [2.75, 3.05) is 18.0 Å². The molecule has 156 valence electrons. The summed E-state index contributed by atoms with van der Waals surface area (Å²) < 4.78 is 0. The van der Waals surface area contributed by atoms with Gasteiger partial charge in [-0.2, -0.15) is 0 Å². The number of piperidine rings is 1. The lowest BCUT2D eigenvalue weighted by Crippen LogP contribution is -2.50. The molecule has 6 nitrogen and oxygen atoms in total. The van der Waals surface area contributed by atoms with Gasteiger partial charge in [0.25, 0.3) is 0 Å². The van der Waals surface area contributed by atoms with Crippen molar-refractivity contribution in [3.63, 3.8) is 0 Å². The van der Waals surface area contributed by atoms with Gasteiger partial charge in [-0.05, 0) is 50.7 Å². The first-order chi connectivity index (χ1) is 14.0. The third kappa shape index (κ3) is 3.77. The molecule has 1 aromatic rings. The Morgan fingerprint density at radius 1 is 0.966 bits per heavy atom. The first-order valence-corrected chi connectivity index (χ1v) is 10.9. The lowest BCUT2D eigenvalue weighted by molar-refractivity contribution is -0.149. The van der Waals surface area contributed by atoms with Gasteiger partial charge in [-0.3, -0.25) is 14.4 Å². The molecule has 29 heavy (non-hydrogen) atoms. The Bertz CT molecular complexity index is 808. The molecule has 6 heteroatoms. The zero-order valence-electron chi connectivity index (χ0n) is 17.0. The molecule has 0 bridgehead atoms. The van der Waals surface area contributed by atoms with Crippen LogP contribution in [-0.2, 0) is 20.8 Å². The van der Waals surface area contributed by atoms with Gasteiger partial charge in [0.05, 0.1) is 11.8 Å². The maximum Gasteiger partial charge on any atom is 0.308 e. The Morgan fingerprint density at radius 2 is 1.66 bits per heavy atom. The SMILES string of the molecule is CC1Cc2ccccc2N1C(=O)C1CCCCC1C(=O)N1CCCC(C(=O)O)C1. The maximum absolute atomic E-state index is 13.6. The van der Waals surface area contributed by atoms with Crippen LogP contribution < -0.4 is 4.90 Å². The molecule has 2 amide bonds. The number of carbonyl (C=O) groups is 3. The monoisotopic (exact) mass is 398 g/mol. The highest BCUT2D eigenvalue weighted by Crippen LogP contribution is 2.39. The number of likely N-dealkylation sites (tertiary alicyclic amines) is 1. The molecule has 1 aliphatic carbocycles. The van der Waals surface area contributed by atoms with E-state index < -0.39 is 11.9 Å². The van der Waals surface area contributed by atoms with Gasteiger partial charge in [-0.15, -0.1) is 0 Å². The lowest BCUT2D eigenvalue weighted by atomic mass is 9.77. The molecule has 1 aromatic carbocycles. The quantitative estimate of drug-likeness (QED) is 0.849. The van der Waals surface area contributed by atoms with Crippen molar-refractivity contribution < 1.29 is 19.5 Å². The van der Waals surface area contributed by atoms with Gasteiger partial charge in [0, 0.05) is 30.7 Å². The van der Waals surface area contributed by atoms with E-state index in [1.165, 1.54) is 5.56 Å². The van der Waals surface area contributed by atoms with E-state index >= 15 is 0 Å². The van der Waals surface area contributed by atoms with Crippen LogP contribution in [0.25, 0.3) is 0 Å². The van der Waals surface area contributed by atoms with E-state index in [4.69, 9.17) is 0 Å². The zero-order valence-corrected chi connectivity index (χ0v) is 17.0. The molecule has 0 radical (unpaired) electrons. The second kappa shape index (κ2) is 8.17. The van der Waals surface area contributed by atoms with Crippen molar-refractivity contribution in [1.82, 2.24) is 4.90 Å². The predicted molar refractivity (Wildman–Crippen MR) is 109 cm³/mol. The van der Waals surface area contributed by atoms with Crippen LogP contribution in [0.2, 0.25) is 0 Å². The lowest BCUT2D eigenvalue weighted by Gasteiger charge is -2.39. The van der Waals surface area contributed by atoms with E-state index in [1.54, 1.807) is 4.90 Å². The summed E-state index contributed by atoms with van der Waals surface area (Å²) in [7, 11) is 0. The Hall–Kier alpha value is -2.37. The molecule has 4 rings (SSSR count). The maximum atomic E-state index is 13.6. The number of carbonyl (C=O) groups excluding carboxylic acids is 2. The number of rotatable bonds is 3. The number of aliphatic carboxylic acids is 1. The third-order valence-electron chi connectivity index (χ3n) is 6.93. The summed E-state index contributed by atoms with van der Waals surface area (Å²) in [6, 6.07) is 8.13. The number of nitrogens with zero attached hydrogens (tertiary/aromatic N) is 2. The number of amides is 2. The fourth-order valence-electron chi connectivity index (χ4n) is 5.42. The number of para-hydroxylation sites is 1. The summed E-state index contributed by atoms with van der Waals surface area (Å²) in [5.41, 5.74) is 2.16. The van der Waals surface area contributed by atoms with E-state index in [1.807, 2.05) is 23.1 Å². The van der Waals surface area contributed by atoms with Crippen molar-refractivity contribution in [2.24, 2.45) is 17.8 Å². The molecule has 4 atom stereocenters. The summed E-state index contributed by atoms with van der Waals surface area (Å²) in [5.74, 6) is -1.92. The average Bonchev–Trinajstić information content (AvgIpc) is 3.08. The van der Waals surface area contributed by atoms with Crippen molar-refractivity contribution >= 4 is 23.5 Å². The van der Waals surface area contributed by atoms with Crippen LogP contribution in [-0.4, -0.2) is 46.9 Å². The molecule has 1 saturated heterocycles. The molecule has 4 unspecified atom stereocenters. The van der Waals surface area contributed by atoms with E-state index in [0.29, 0.717) is 25.8 Å². The summed E-state index contributed by atoms with van der Waals surface area (Å²) in [6.07, 6.45) is 5.53. The summed E-state index contributed by atoms with van der Waals surface area (Å²) in [5, 5.41) is 9.36. The highest BCUT2D eigenvalue weighted by Gasteiger charge is 2.43. The number of anilines is 1. The minimum atomic E-state index is -0.832. The predicted octanol–water partition coefficient (Wildman–Crippen LogP) is 3.09. The van der Waals surface area contributed by atoms with E-state index in [-0.39, 0.29) is 36.2 Å². The molecule has 0 aromatic heterocycles. The number of hydrogen-bond donors (Lipinski definition) is 1. The Balaban J connectivity index is 1.54. The molecule has 1 N–H and O–H groups in total. The normalized spacial score (nSPS) is 29.4. The van der Waals surface area contributed by atoms with Crippen molar-refractivity contribution in [1.29, 1.82) is 0 Å². The molecule has 3 aliphatic rings. The van der Waals surface area contributed by atoms with Gasteiger partial charge < -0.3 is 14.9 Å². The first-order valence-electron chi connectivity index (χ1n) is 10.9. The third-order valence-corrected chi connectivity index (χ3v) is 6.93. The van der Waals surface area contributed by atoms with Crippen molar-refractivity contribution in [3.05, 3.63) is 29.8 Å². The van der Waals surface area contributed by atoms with E-state index in [2.05, 4.69) is 13.0 Å². The zero-order chi connectivity index (χ0) is 20.5. The first kappa shape index (κ1) is 19.9. The number of carboxylic acids is 1. The van der Waals surface area contributed by atoms with Gasteiger partial charge in [0.15, 0.2) is 0 Å². The van der Waals surface area contributed by atoms with Crippen LogP contribution in [0.4, 0.5) is 5.69 Å². The fraction of sp³-hybridized carbons (Fsp3) is 0.609. The van der Waals surface area contributed by atoms with Crippen LogP contribution in [0, 0.1) is 17.8 Å². The molecule has 2 heterocycles. The number of hydrogen-bond acceptors (Lipinski definition) is 3. The standard InChI is InChI=1S/C23H30N2O4/c1-15-13-16-7-2-5-11-20(16)25(15)22(27)19-10-4-3-9-18(19)21(26)24-12-6-8-17(14-24)23(28)29/h2,5,7,11,15,17-19H,3-4,6,8-10,12-14H2,1H3,(H,28,29). The van der Waals surface area contributed by atoms with Crippen LogP contribution in [0.5, 0.6) is 0 Å². The minimum Gasteiger partial charge on any atom is -0.481 e. The second-order valence-electron chi connectivity index (χ2n) is 8.85. The van der Waals surface area contributed by atoms with Gasteiger partial charge in [0.2, 0.25) is 11.8 Å². The van der Waals surface area contributed by atoms with E-state index in [9.17, 15) is 19.5 Å². The van der Waals surface area contributed by atoms with Gasteiger partial charge >= 0.3 is 5.97 Å². The van der Waals surface area contributed by atoms with Crippen molar-refractivity contribution in [3.8, 4) is 0 Å². The van der Waals surface area contributed by atoms with Crippen LogP contribution in [0.3, 0.4) is 0 Å². The average molecular weight is 399 g/mol. The molecular weight excluding hydrogens is 368 g/mol. The highest BCUT2D eigenvalue weighted by atomic mass is 16.4. The summed E-state index contributed by atoms with van der Waals surface area (Å²) in [6.45, 7) is 2.94. The number of fused-ring (bicyclic) bond motifs is 1. The molecular formula is C23H30N2O4. The van der Waals surface area contributed by atoms with Crippen LogP contribution in [0.1, 0.15) is 51.0 Å². The second-order valence-corrected chi connectivity index (χ2v) is 8.85. The Morgan fingerprint density at radius 3 is 2.38 bits per heavy atom. The molecule has 0 spiro atoms. The molecule has 2 aliphatic heterocycles. The number of benzene rings is 1. The summed E-state index contributed by atoms with van der Waals surface area (Å²) in [4.78, 5) is 42.0. The fourth-order valence-corrected chi connectivity index (χ4v) is 5.42. The minimum absolute atomic E-state index is 0.0193. The highest BCUT2D eigenvalue weighted by molar-refractivity contribution is 6.00.